The first-order valence-corrected chi connectivity index (χ1v) is 11.0. The fraction of sp³-hybridized carbons (Fsp3) is 0.231. The van der Waals surface area contributed by atoms with Gasteiger partial charge in [0.2, 0.25) is 5.91 Å². The van der Waals surface area contributed by atoms with E-state index < -0.39 is 0 Å². The SMILES string of the molecule is O=C(CN1CCC(n2c(=O)[nH]c3ccccc32)CC1)Nc1ccccc1-c1ccccc1. The van der Waals surface area contributed by atoms with Crippen molar-refractivity contribution in [2.24, 2.45) is 0 Å². The van der Waals surface area contributed by atoms with Crippen LogP contribution in [0.25, 0.3) is 22.2 Å². The average Bonchev–Trinajstić information content (AvgIpc) is 3.16. The van der Waals surface area contributed by atoms with Gasteiger partial charge in [-0.05, 0) is 36.6 Å². The van der Waals surface area contributed by atoms with Gasteiger partial charge >= 0.3 is 5.69 Å². The lowest BCUT2D eigenvalue weighted by Gasteiger charge is -2.32. The summed E-state index contributed by atoms with van der Waals surface area (Å²) in [6, 6.07) is 25.9. The van der Waals surface area contributed by atoms with Crippen LogP contribution in [0.15, 0.2) is 83.7 Å². The Hall–Kier alpha value is -3.64. The molecule has 2 N–H and O–H groups in total. The second kappa shape index (κ2) is 8.85. The highest BCUT2D eigenvalue weighted by atomic mass is 16.2. The monoisotopic (exact) mass is 426 g/mol. The summed E-state index contributed by atoms with van der Waals surface area (Å²) in [5, 5.41) is 3.09. The van der Waals surface area contributed by atoms with Gasteiger partial charge in [0.05, 0.1) is 17.6 Å². The van der Waals surface area contributed by atoms with E-state index in [1.54, 1.807) is 0 Å². The standard InChI is InChI=1S/C26H26N4O2/c31-25(27-22-11-5-4-10-21(22)19-8-2-1-3-9-19)18-29-16-14-20(15-17-29)30-24-13-7-6-12-23(24)28-26(30)32/h1-13,20H,14-18H2,(H,27,31)(H,28,32). The number of imidazole rings is 1. The van der Waals surface area contributed by atoms with E-state index in [9.17, 15) is 9.59 Å². The van der Waals surface area contributed by atoms with Crippen molar-refractivity contribution in [3.05, 3.63) is 89.3 Å². The van der Waals surface area contributed by atoms with Crippen LogP contribution < -0.4 is 11.0 Å². The van der Waals surface area contributed by atoms with Crippen molar-refractivity contribution >= 4 is 22.6 Å². The van der Waals surface area contributed by atoms with Gasteiger partial charge in [-0.25, -0.2) is 4.79 Å². The van der Waals surface area contributed by atoms with Crippen LogP contribution in [-0.2, 0) is 4.79 Å². The Balaban J connectivity index is 1.22. The first kappa shape index (κ1) is 20.3. The Kier molecular flexibility index (Phi) is 5.60. The number of carbonyl (C=O) groups is 1. The number of amides is 1. The van der Waals surface area contributed by atoms with Gasteiger partial charge in [0.1, 0.15) is 0 Å². The zero-order valence-corrected chi connectivity index (χ0v) is 17.8. The first-order valence-electron chi connectivity index (χ1n) is 11.0. The lowest BCUT2D eigenvalue weighted by atomic mass is 10.0. The van der Waals surface area contributed by atoms with Gasteiger partial charge in [-0.1, -0.05) is 60.7 Å². The van der Waals surface area contributed by atoms with Crippen molar-refractivity contribution < 1.29 is 4.79 Å². The van der Waals surface area contributed by atoms with E-state index in [1.165, 1.54) is 0 Å². The largest absolute Gasteiger partial charge is 0.326 e. The van der Waals surface area contributed by atoms with Crippen LogP contribution >= 0.6 is 0 Å². The van der Waals surface area contributed by atoms with Crippen LogP contribution in [0.1, 0.15) is 18.9 Å². The maximum absolute atomic E-state index is 12.8. The number of likely N-dealkylation sites (tertiary alicyclic amines) is 1. The molecule has 2 heterocycles. The number of benzene rings is 3. The number of fused-ring (bicyclic) bond motifs is 1. The molecule has 4 aromatic rings. The summed E-state index contributed by atoms with van der Waals surface area (Å²) in [5.41, 5.74) is 4.68. The molecule has 6 heteroatoms. The highest BCUT2D eigenvalue weighted by molar-refractivity contribution is 5.96. The summed E-state index contributed by atoms with van der Waals surface area (Å²) in [6.07, 6.45) is 1.69. The quantitative estimate of drug-likeness (QED) is 0.501. The number of aromatic amines is 1. The number of hydrogen-bond donors (Lipinski definition) is 2. The topological polar surface area (TPSA) is 70.1 Å². The van der Waals surface area contributed by atoms with Crippen molar-refractivity contribution in [3.8, 4) is 11.1 Å². The minimum atomic E-state index is -0.0556. The summed E-state index contributed by atoms with van der Waals surface area (Å²) in [5.74, 6) is -0.0175. The first-order chi connectivity index (χ1) is 15.7. The molecule has 5 rings (SSSR count). The Labute approximate surface area is 186 Å². The number of aromatic nitrogens is 2. The van der Waals surface area contributed by atoms with Crippen molar-refractivity contribution in [3.63, 3.8) is 0 Å². The zero-order valence-electron chi connectivity index (χ0n) is 17.8. The highest BCUT2D eigenvalue weighted by Crippen LogP contribution is 2.28. The summed E-state index contributed by atoms with van der Waals surface area (Å²) < 4.78 is 1.88. The molecule has 1 amide bonds. The molecule has 0 spiro atoms. The fourth-order valence-electron chi connectivity index (χ4n) is 4.63. The van der Waals surface area contributed by atoms with E-state index in [1.807, 2.05) is 83.4 Å². The molecule has 0 radical (unpaired) electrons. The van der Waals surface area contributed by atoms with Crippen LogP contribution in [0.5, 0.6) is 0 Å². The van der Waals surface area contributed by atoms with Crippen molar-refractivity contribution in [2.45, 2.75) is 18.9 Å². The number of carbonyl (C=O) groups excluding carboxylic acids is 1. The van der Waals surface area contributed by atoms with Crippen LogP contribution in [0.3, 0.4) is 0 Å². The van der Waals surface area contributed by atoms with E-state index in [-0.39, 0.29) is 17.6 Å². The van der Waals surface area contributed by atoms with Gasteiger partial charge < -0.3 is 10.3 Å². The lowest BCUT2D eigenvalue weighted by Crippen LogP contribution is -2.41. The summed E-state index contributed by atoms with van der Waals surface area (Å²) in [6.45, 7) is 1.91. The Morgan fingerprint density at radius 1 is 0.906 bits per heavy atom. The molecular weight excluding hydrogens is 400 g/mol. The minimum absolute atomic E-state index is 0.0175. The number of piperidine rings is 1. The number of hydrogen-bond acceptors (Lipinski definition) is 3. The third kappa shape index (κ3) is 4.09. The maximum atomic E-state index is 12.8. The molecule has 0 bridgehead atoms. The van der Waals surface area contributed by atoms with Crippen molar-refractivity contribution in [2.75, 3.05) is 25.0 Å². The number of nitrogens with one attached hydrogen (secondary N) is 2. The molecule has 32 heavy (non-hydrogen) atoms. The third-order valence-corrected chi connectivity index (χ3v) is 6.20. The van der Waals surface area contributed by atoms with Crippen LogP contribution in [-0.4, -0.2) is 40.0 Å². The van der Waals surface area contributed by atoms with Crippen LogP contribution in [0.4, 0.5) is 5.69 Å². The van der Waals surface area contributed by atoms with E-state index in [4.69, 9.17) is 0 Å². The molecule has 1 saturated heterocycles. The summed E-state index contributed by atoms with van der Waals surface area (Å²) in [7, 11) is 0. The Morgan fingerprint density at radius 2 is 1.59 bits per heavy atom. The molecular formula is C26H26N4O2. The van der Waals surface area contributed by atoms with Crippen LogP contribution in [0, 0.1) is 0 Å². The van der Waals surface area contributed by atoms with E-state index in [0.29, 0.717) is 6.54 Å². The second-order valence-electron chi connectivity index (χ2n) is 8.28. The van der Waals surface area contributed by atoms with Crippen molar-refractivity contribution in [1.29, 1.82) is 0 Å². The molecule has 1 aliphatic rings. The van der Waals surface area contributed by atoms with E-state index >= 15 is 0 Å². The number of nitrogens with zero attached hydrogens (tertiary/aromatic N) is 2. The Bertz CT molecular complexity index is 1280. The molecule has 1 aromatic heterocycles. The second-order valence-corrected chi connectivity index (χ2v) is 8.28. The number of H-pyrrole nitrogens is 1. The van der Waals surface area contributed by atoms with Gasteiger partial charge in [0, 0.05) is 30.4 Å². The van der Waals surface area contributed by atoms with Gasteiger partial charge in [-0.15, -0.1) is 0 Å². The number of rotatable bonds is 5. The predicted octanol–water partition coefficient (Wildman–Crippen LogP) is 4.27. The van der Waals surface area contributed by atoms with Gasteiger partial charge in [-0.3, -0.25) is 14.3 Å². The van der Waals surface area contributed by atoms with Gasteiger partial charge in [0.15, 0.2) is 0 Å². The summed E-state index contributed by atoms with van der Waals surface area (Å²) in [4.78, 5) is 30.4. The Morgan fingerprint density at radius 3 is 2.41 bits per heavy atom. The molecule has 1 aliphatic heterocycles. The smallest absolute Gasteiger partial charge is 0.324 e. The molecule has 0 atom stereocenters. The van der Waals surface area contributed by atoms with E-state index in [0.717, 1.165) is 53.8 Å². The van der Waals surface area contributed by atoms with Gasteiger partial charge in [0.25, 0.3) is 0 Å². The number of anilines is 1. The molecule has 0 saturated carbocycles. The molecule has 162 valence electrons. The predicted molar refractivity (Wildman–Crippen MR) is 128 cm³/mol. The molecule has 3 aromatic carbocycles. The molecule has 0 unspecified atom stereocenters. The van der Waals surface area contributed by atoms with Crippen LogP contribution in [0.2, 0.25) is 0 Å². The zero-order chi connectivity index (χ0) is 21.9. The highest BCUT2D eigenvalue weighted by Gasteiger charge is 2.24. The van der Waals surface area contributed by atoms with Crippen molar-refractivity contribution in [1.82, 2.24) is 14.5 Å². The third-order valence-electron chi connectivity index (χ3n) is 6.20. The number of para-hydroxylation sites is 3. The molecule has 1 fully saturated rings. The normalized spacial score (nSPS) is 15.1. The minimum Gasteiger partial charge on any atom is -0.324 e. The van der Waals surface area contributed by atoms with E-state index in [2.05, 4.69) is 15.2 Å². The summed E-state index contributed by atoms with van der Waals surface area (Å²) >= 11 is 0. The lowest BCUT2D eigenvalue weighted by molar-refractivity contribution is -0.117. The fourth-order valence-corrected chi connectivity index (χ4v) is 4.63. The molecule has 0 aliphatic carbocycles. The average molecular weight is 427 g/mol. The maximum Gasteiger partial charge on any atom is 0.326 e. The van der Waals surface area contributed by atoms with Gasteiger partial charge in [-0.2, -0.15) is 0 Å². The molecule has 6 nitrogen and oxygen atoms in total.